The van der Waals surface area contributed by atoms with Crippen LogP contribution in [-0.2, 0) is 6.54 Å². The lowest BCUT2D eigenvalue weighted by Crippen LogP contribution is -2.42. The van der Waals surface area contributed by atoms with Crippen molar-refractivity contribution >= 4 is 45.2 Å². The Morgan fingerprint density at radius 1 is 1.24 bits per heavy atom. The van der Waals surface area contributed by atoms with Gasteiger partial charge < -0.3 is 15.3 Å². The van der Waals surface area contributed by atoms with Crippen LogP contribution in [0.5, 0.6) is 5.75 Å². The quantitative estimate of drug-likeness (QED) is 0.607. The first-order valence-corrected chi connectivity index (χ1v) is 9.80. The Morgan fingerprint density at radius 3 is 2.57 bits per heavy atom. The number of rotatable bonds is 4. The Morgan fingerprint density at radius 2 is 1.90 bits per heavy atom. The minimum Gasteiger partial charge on any atom is -0.507 e. The van der Waals surface area contributed by atoms with Crippen molar-refractivity contribution < 1.29 is 5.11 Å². The molecule has 2 aliphatic rings. The van der Waals surface area contributed by atoms with E-state index >= 15 is 0 Å². The van der Waals surface area contributed by atoms with Crippen molar-refractivity contribution in [3.8, 4) is 5.75 Å². The summed E-state index contributed by atoms with van der Waals surface area (Å²) in [6.07, 6.45) is 5.42. The number of nitrogens with zero attached hydrogens (tertiary/aromatic N) is 1. The molecule has 0 radical (unpaired) electrons. The summed E-state index contributed by atoms with van der Waals surface area (Å²) in [7, 11) is 2.29. The van der Waals surface area contributed by atoms with Gasteiger partial charge in [0.15, 0.2) is 0 Å². The predicted octanol–water partition coefficient (Wildman–Crippen LogP) is 3.56. The normalized spacial score (nSPS) is 29.0. The molecule has 1 aromatic carbocycles. The maximum Gasteiger partial charge on any atom is 0.133 e. The minimum atomic E-state index is 0.437. The minimum absolute atomic E-state index is 0.437. The van der Waals surface area contributed by atoms with E-state index in [-0.39, 0.29) is 0 Å². The number of phenolic OH excluding ortho intramolecular Hbond substituents is 1. The molecule has 0 saturated carbocycles. The lowest BCUT2D eigenvalue weighted by atomic mass is 9.91. The van der Waals surface area contributed by atoms with Gasteiger partial charge in [-0.15, -0.1) is 0 Å². The number of fused-ring (bicyclic) bond motifs is 2. The summed E-state index contributed by atoms with van der Waals surface area (Å²) in [6, 6.07) is 5.70. The summed E-state index contributed by atoms with van der Waals surface area (Å²) in [6.45, 7) is 1.84. The SMILES string of the molecule is CN1[C@H]2CC[C@H]1CC(CNCc1cc(I)cc(I)c1O)C2. The van der Waals surface area contributed by atoms with Crippen molar-refractivity contribution in [2.45, 2.75) is 44.3 Å². The van der Waals surface area contributed by atoms with Crippen molar-refractivity contribution in [2.75, 3.05) is 13.6 Å². The summed E-state index contributed by atoms with van der Waals surface area (Å²) < 4.78 is 2.12. The van der Waals surface area contributed by atoms with E-state index in [2.05, 4.69) is 68.5 Å². The molecule has 2 aliphatic heterocycles. The van der Waals surface area contributed by atoms with Crippen molar-refractivity contribution in [3.63, 3.8) is 0 Å². The highest BCUT2D eigenvalue weighted by atomic mass is 127. The third-order valence-corrected chi connectivity index (χ3v) is 6.50. The largest absolute Gasteiger partial charge is 0.507 e. The van der Waals surface area contributed by atoms with Gasteiger partial charge in [0.05, 0.1) is 3.57 Å². The zero-order chi connectivity index (χ0) is 15.0. The van der Waals surface area contributed by atoms with E-state index in [0.29, 0.717) is 5.75 Å². The molecule has 3 rings (SSSR count). The van der Waals surface area contributed by atoms with Gasteiger partial charge in [0, 0.05) is 27.8 Å². The molecule has 3 nitrogen and oxygen atoms in total. The monoisotopic (exact) mass is 512 g/mol. The molecule has 0 amide bonds. The molecule has 116 valence electrons. The van der Waals surface area contributed by atoms with Crippen LogP contribution >= 0.6 is 45.2 Å². The molecule has 2 atom stereocenters. The number of phenols is 1. The van der Waals surface area contributed by atoms with Crippen LogP contribution in [0.1, 0.15) is 31.2 Å². The lowest BCUT2D eigenvalue weighted by Gasteiger charge is -2.36. The number of piperidine rings is 1. The molecule has 0 aromatic heterocycles. The molecule has 2 N–H and O–H groups in total. The van der Waals surface area contributed by atoms with Crippen LogP contribution in [0.2, 0.25) is 0 Å². The van der Waals surface area contributed by atoms with Crippen LogP contribution in [-0.4, -0.2) is 35.7 Å². The second-order valence-electron chi connectivity index (χ2n) is 6.41. The number of hydrogen-bond donors (Lipinski definition) is 2. The number of halogens is 2. The summed E-state index contributed by atoms with van der Waals surface area (Å²) in [5, 5.41) is 13.7. The van der Waals surface area contributed by atoms with Crippen molar-refractivity contribution in [1.82, 2.24) is 10.2 Å². The number of hydrogen-bond acceptors (Lipinski definition) is 3. The number of benzene rings is 1. The van der Waals surface area contributed by atoms with Crippen LogP contribution < -0.4 is 5.32 Å². The first-order valence-electron chi connectivity index (χ1n) is 7.64. The molecule has 2 saturated heterocycles. The first-order chi connectivity index (χ1) is 10.0. The van der Waals surface area contributed by atoms with Gasteiger partial charge >= 0.3 is 0 Å². The predicted molar refractivity (Wildman–Crippen MR) is 103 cm³/mol. The maximum atomic E-state index is 10.1. The fraction of sp³-hybridized carbons (Fsp3) is 0.625. The Bertz CT molecular complexity index is 509. The summed E-state index contributed by atoms with van der Waals surface area (Å²) in [5.74, 6) is 1.23. The molecule has 0 aliphatic carbocycles. The maximum absolute atomic E-state index is 10.1. The highest BCUT2D eigenvalue weighted by molar-refractivity contribution is 14.1. The molecule has 2 bridgehead atoms. The van der Waals surface area contributed by atoms with Crippen molar-refractivity contribution in [1.29, 1.82) is 0 Å². The second kappa shape index (κ2) is 6.88. The Hall–Kier alpha value is 0.400. The molecule has 5 heteroatoms. The van der Waals surface area contributed by atoms with Gasteiger partial charge in [-0.3, -0.25) is 0 Å². The van der Waals surface area contributed by atoms with Gasteiger partial charge in [0.2, 0.25) is 0 Å². The molecular formula is C16H22I2N2O. The van der Waals surface area contributed by atoms with E-state index in [1.165, 1.54) is 29.3 Å². The standard InChI is InChI=1S/C16H22I2N2O/c1-20-13-2-3-14(20)5-10(4-13)8-19-9-11-6-12(17)7-15(18)16(11)21/h6-7,10,13-14,19,21H,2-5,8-9H2,1H3/t13-,14-/m0/s1. The molecule has 0 unspecified atom stereocenters. The molecule has 21 heavy (non-hydrogen) atoms. The van der Waals surface area contributed by atoms with Crippen molar-refractivity contribution in [3.05, 3.63) is 24.8 Å². The van der Waals surface area contributed by atoms with E-state index in [0.717, 1.165) is 40.2 Å². The lowest BCUT2D eigenvalue weighted by molar-refractivity contribution is 0.133. The van der Waals surface area contributed by atoms with Crippen LogP contribution in [0.3, 0.4) is 0 Å². The van der Waals surface area contributed by atoms with E-state index in [4.69, 9.17) is 0 Å². The molecule has 1 aromatic rings. The van der Waals surface area contributed by atoms with Crippen molar-refractivity contribution in [2.24, 2.45) is 5.92 Å². The molecular weight excluding hydrogens is 490 g/mol. The molecule has 2 fully saturated rings. The van der Waals surface area contributed by atoms with Crippen LogP contribution in [0, 0.1) is 13.1 Å². The van der Waals surface area contributed by atoms with Crippen LogP contribution in [0.25, 0.3) is 0 Å². The van der Waals surface area contributed by atoms with E-state index in [1.54, 1.807) is 0 Å². The average molecular weight is 512 g/mol. The molecule has 2 heterocycles. The number of aromatic hydroxyl groups is 1. The third-order valence-electron chi connectivity index (χ3n) is 5.05. The van der Waals surface area contributed by atoms with Crippen LogP contribution in [0.15, 0.2) is 12.1 Å². The van der Waals surface area contributed by atoms with E-state index in [9.17, 15) is 5.11 Å². The summed E-state index contributed by atoms with van der Waals surface area (Å²) in [4.78, 5) is 2.59. The van der Waals surface area contributed by atoms with E-state index in [1.807, 2.05) is 6.07 Å². The third kappa shape index (κ3) is 3.67. The fourth-order valence-corrected chi connectivity index (χ4v) is 5.82. The summed E-state index contributed by atoms with van der Waals surface area (Å²) in [5.41, 5.74) is 1.02. The fourth-order valence-electron chi connectivity index (χ4n) is 3.86. The van der Waals surface area contributed by atoms with Gasteiger partial charge in [-0.2, -0.15) is 0 Å². The smallest absolute Gasteiger partial charge is 0.133 e. The zero-order valence-electron chi connectivity index (χ0n) is 12.3. The second-order valence-corrected chi connectivity index (χ2v) is 8.82. The van der Waals surface area contributed by atoms with Gasteiger partial charge in [-0.05, 0) is 103 Å². The molecule has 0 spiro atoms. The van der Waals surface area contributed by atoms with Gasteiger partial charge in [-0.1, -0.05) is 0 Å². The van der Waals surface area contributed by atoms with E-state index < -0.39 is 0 Å². The average Bonchev–Trinajstić information content (AvgIpc) is 2.66. The highest BCUT2D eigenvalue weighted by Gasteiger charge is 2.37. The first kappa shape index (κ1) is 16.3. The Kier molecular flexibility index (Phi) is 5.33. The zero-order valence-corrected chi connectivity index (χ0v) is 16.6. The highest BCUT2D eigenvalue weighted by Crippen LogP contribution is 2.37. The van der Waals surface area contributed by atoms with Gasteiger partial charge in [-0.25, -0.2) is 0 Å². The van der Waals surface area contributed by atoms with Crippen LogP contribution in [0.4, 0.5) is 0 Å². The Labute approximate surface area is 154 Å². The van der Waals surface area contributed by atoms with Gasteiger partial charge in [0.1, 0.15) is 5.75 Å². The summed E-state index contributed by atoms with van der Waals surface area (Å²) >= 11 is 4.51. The van der Waals surface area contributed by atoms with Gasteiger partial charge in [0.25, 0.3) is 0 Å². The number of nitrogens with one attached hydrogen (secondary N) is 1. The Balaban J connectivity index is 1.53. The topological polar surface area (TPSA) is 35.5 Å².